The van der Waals surface area contributed by atoms with Crippen molar-refractivity contribution < 1.29 is 14.7 Å². The molecular weight excluding hydrogens is 274 g/mol. The molecule has 98 valence electrons. The molecule has 0 atom stereocenters. The molecule has 1 rings (SSSR count). The molecule has 6 heteroatoms. The Morgan fingerprint density at radius 3 is 2.61 bits per heavy atom. The lowest BCUT2D eigenvalue weighted by molar-refractivity contribution is -0.113. The van der Waals surface area contributed by atoms with E-state index < -0.39 is 5.97 Å². The standard InChI is InChI=1S/C12H14ClNO3S/c1-7(2)18-6-11(15)14-10-4-8(12(16)17)3-9(13)5-10/h3-5,7H,6H2,1-2H3,(H,14,15)(H,16,17). The number of hydrogen-bond acceptors (Lipinski definition) is 3. The van der Waals surface area contributed by atoms with E-state index in [1.807, 2.05) is 13.8 Å². The Kier molecular flexibility index (Phi) is 5.50. The average Bonchev–Trinajstić information content (AvgIpc) is 2.25. The second-order valence-electron chi connectivity index (χ2n) is 3.94. The number of benzene rings is 1. The van der Waals surface area contributed by atoms with E-state index in [2.05, 4.69) is 5.32 Å². The fourth-order valence-electron chi connectivity index (χ4n) is 1.22. The Labute approximate surface area is 115 Å². The van der Waals surface area contributed by atoms with Gasteiger partial charge in [0.05, 0.1) is 11.3 Å². The van der Waals surface area contributed by atoms with E-state index in [0.717, 1.165) is 0 Å². The number of carboxylic acid groups (broad SMARTS) is 1. The summed E-state index contributed by atoms with van der Waals surface area (Å²) < 4.78 is 0. The van der Waals surface area contributed by atoms with Crippen LogP contribution in [0.25, 0.3) is 0 Å². The fourth-order valence-corrected chi connectivity index (χ4v) is 2.02. The number of hydrogen-bond donors (Lipinski definition) is 2. The summed E-state index contributed by atoms with van der Waals surface area (Å²) in [6.07, 6.45) is 0. The van der Waals surface area contributed by atoms with Crippen molar-refractivity contribution in [2.24, 2.45) is 0 Å². The molecule has 1 aromatic rings. The summed E-state index contributed by atoms with van der Waals surface area (Å²) in [5.41, 5.74) is 0.448. The summed E-state index contributed by atoms with van der Waals surface area (Å²) in [6, 6.07) is 4.24. The Balaban J connectivity index is 2.72. The van der Waals surface area contributed by atoms with Crippen LogP contribution in [0, 0.1) is 0 Å². The molecular formula is C12H14ClNO3S. The number of halogens is 1. The molecule has 0 aliphatic rings. The third kappa shape index (κ3) is 4.98. The molecule has 0 spiro atoms. The molecule has 0 fully saturated rings. The second-order valence-corrected chi connectivity index (χ2v) is 5.94. The third-order valence-electron chi connectivity index (χ3n) is 1.98. The van der Waals surface area contributed by atoms with Crippen LogP contribution in [0.3, 0.4) is 0 Å². The van der Waals surface area contributed by atoms with E-state index in [9.17, 15) is 9.59 Å². The third-order valence-corrected chi connectivity index (χ3v) is 3.29. The van der Waals surface area contributed by atoms with Gasteiger partial charge in [-0.3, -0.25) is 4.79 Å². The van der Waals surface area contributed by atoms with Crippen LogP contribution in [0.1, 0.15) is 24.2 Å². The lowest BCUT2D eigenvalue weighted by Gasteiger charge is -2.08. The minimum absolute atomic E-state index is 0.0503. The fraction of sp³-hybridized carbons (Fsp3) is 0.333. The molecule has 0 bridgehead atoms. The van der Waals surface area contributed by atoms with Crippen LogP contribution in [0.2, 0.25) is 5.02 Å². The molecule has 0 aromatic heterocycles. The van der Waals surface area contributed by atoms with Crippen molar-refractivity contribution in [3.63, 3.8) is 0 Å². The predicted octanol–water partition coefficient (Wildman–Crippen LogP) is 3.12. The van der Waals surface area contributed by atoms with Crippen LogP contribution >= 0.6 is 23.4 Å². The highest BCUT2D eigenvalue weighted by Crippen LogP contribution is 2.19. The smallest absolute Gasteiger partial charge is 0.335 e. The van der Waals surface area contributed by atoms with E-state index in [0.29, 0.717) is 16.7 Å². The second kappa shape index (κ2) is 6.66. The number of amides is 1. The first-order valence-corrected chi connectivity index (χ1v) is 6.76. The highest BCUT2D eigenvalue weighted by molar-refractivity contribution is 8.00. The summed E-state index contributed by atoms with van der Waals surface area (Å²) in [5, 5.41) is 12.1. The van der Waals surface area contributed by atoms with Crippen molar-refractivity contribution in [3.8, 4) is 0 Å². The molecule has 1 aromatic carbocycles. The van der Waals surface area contributed by atoms with Crippen molar-refractivity contribution in [1.82, 2.24) is 0 Å². The molecule has 2 N–H and O–H groups in total. The predicted molar refractivity (Wildman–Crippen MR) is 74.6 cm³/mol. The van der Waals surface area contributed by atoms with E-state index in [1.54, 1.807) is 0 Å². The summed E-state index contributed by atoms with van der Waals surface area (Å²) >= 11 is 7.30. The van der Waals surface area contributed by atoms with E-state index in [4.69, 9.17) is 16.7 Å². The van der Waals surface area contributed by atoms with Gasteiger partial charge in [0, 0.05) is 10.7 Å². The van der Waals surface area contributed by atoms with Gasteiger partial charge < -0.3 is 10.4 Å². The molecule has 0 unspecified atom stereocenters. The van der Waals surface area contributed by atoms with Crippen molar-refractivity contribution in [1.29, 1.82) is 0 Å². The van der Waals surface area contributed by atoms with Gasteiger partial charge in [-0.1, -0.05) is 25.4 Å². The summed E-state index contributed by atoms with van der Waals surface area (Å²) in [6.45, 7) is 4.00. The summed E-state index contributed by atoms with van der Waals surface area (Å²) in [7, 11) is 0. The van der Waals surface area contributed by atoms with Crippen LogP contribution in [0.4, 0.5) is 5.69 Å². The maximum Gasteiger partial charge on any atom is 0.335 e. The molecule has 0 aliphatic carbocycles. The zero-order chi connectivity index (χ0) is 13.7. The average molecular weight is 288 g/mol. The Bertz CT molecular complexity index is 463. The molecule has 18 heavy (non-hydrogen) atoms. The number of anilines is 1. The lowest BCUT2D eigenvalue weighted by atomic mass is 10.2. The van der Waals surface area contributed by atoms with Crippen LogP contribution in [-0.2, 0) is 4.79 Å². The Hall–Kier alpha value is -1.20. The quantitative estimate of drug-likeness (QED) is 0.873. The maximum absolute atomic E-state index is 11.6. The molecule has 0 radical (unpaired) electrons. The highest BCUT2D eigenvalue weighted by Gasteiger charge is 2.09. The zero-order valence-corrected chi connectivity index (χ0v) is 11.6. The van der Waals surface area contributed by atoms with Gasteiger partial charge in [-0.25, -0.2) is 4.79 Å². The largest absolute Gasteiger partial charge is 0.478 e. The van der Waals surface area contributed by atoms with E-state index in [-0.39, 0.29) is 16.5 Å². The van der Waals surface area contributed by atoms with Gasteiger partial charge >= 0.3 is 5.97 Å². The van der Waals surface area contributed by atoms with Gasteiger partial charge in [0.1, 0.15) is 0 Å². The normalized spacial score (nSPS) is 10.4. The van der Waals surface area contributed by atoms with Crippen molar-refractivity contribution in [2.75, 3.05) is 11.1 Å². The molecule has 4 nitrogen and oxygen atoms in total. The van der Waals surface area contributed by atoms with Gasteiger partial charge in [-0.05, 0) is 23.4 Å². The molecule has 0 aliphatic heterocycles. The van der Waals surface area contributed by atoms with Crippen LogP contribution < -0.4 is 5.32 Å². The first-order chi connectivity index (χ1) is 8.38. The minimum atomic E-state index is -1.08. The van der Waals surface area contributed by atoms with Crippen molar-refractivity contribution in [3.05, 3.63) is 28.8 Å². The minimum Gasteiger partial charge on any atom is -0.478 e. The first kappa shape index (κ1) is 14.9. The van der Waals surface area contributed by atoms with Crippen LogP contribution in [0.15, 0.2) is 18.2 Å². The number of carbonyl (C=O) groups is 2. The Morgan fingerprint density at radius 2 is 2.06 bits per heavy atom. The lowest BCUT2D eigenvalue weighted by Crippen LogP contribution is -2.15. The van der Waals surface area contributed by atoms with Gasteiger partial charge in [-0.2, -0.15) is 0 Å². The maximum atomic E-state index is 11.6. The van der Waals surface area contributed by atoms with E-state index in [1.165, 1.54) is 30.0 Å². The number of carbonyl (C=O) groups excluding carboxylic acids is 1. The molecule has 0 saturated heterocycles. The van der Waals surface area contributed by atoms with Gasteiger partial charge in [0.15, 0.2) is 0 Å². The number of rotatable bonds is 5. The van der Waals surface area contributed by atoms with Gasteiger partial charge in [0.2, 0.25) is 5.91 Å². The molecule has 0 saturated carbocycles. The van der Waals surface area contributed by atoms with Crippen LogP contribution in [0.5, 0.6) is 0 Å². The van der Waals surface area contributed by atoms with E-state index >= 15 is 0 Å². The number of thioether (sulfide) groups is 1. The Morgan fingerprint density at radius 1 is 1.39 bits per heavy atom. The molecule has 1 amide bonds. The zero-order valence-electron chi connectivity index (χ0n) is 10.1. The van der Waals surface area contributed by atoms with Crippen molar-refractivity contribution in [2.45, 2.75) is 19.1 Å². The first-order valence-electron chi connectivity index (χ1n) is 5.34. The summed E-state index contributed by atoms with van der Waals surface area (Å²) in [4.78, 5) is 22.4. The molecule has 0 heterocycles. The van der Waals surface area contributed by atoms with Crippen LogP contribution in [-0.4, -0.2) is 28.0 Å². The van der Waals surface area contributed by atoms with Gasteiger partial charge in [-0.15, -0.1) is 11.8 Å². The SMILES string of the molecule is CC(C)SCC(=O)Nc1cc(Cl)cc(C(=O)O)c1. The highest BCUT2D eigenvalue weighted by atomic mass is 35.5. The number of carboxylic acids is 1. The van der Waals surface area contributed by atoms with Gasteiger partial charge in [0.25, 0.3) is 0 Å². The number of aromatic carboxylic acids is 1. The van der Waals surface area contributed by atoms with Crippen molar-refractivity contribution >= 4 is 40.9 Å². The topological polar surface area (TPSA) is 66.4 Å². The number of nitrogens with one attached hydrogen (secondary N) is 1. The summed E-state index contributed by atoms with van der Waals surface area (Å²) in [5.74, 6) is -0.927. The monoisotopic (exact) mass is 287 g/mol.